The molecule has 2 aromatic carbocycles. The molecule has 4 nitrogen and oxygen atoms in total. The third-order valence-corrected chi connectivity index (χ3v) is 5.23. The van der Waals surface area contributed by atoms with Gasteiger partial charge in [-0.15, -0.1) is 0 Å². The maximum Gasteiger partial charge on any atom is 0.414 e. The van der Waals surface area contributed by atoms with Gasteiger partial charge in [-0.25, -0.2) is 9.18 Å². The Morgan fingerprint density at radius 1 is 1.14 bits per heavy atom. The standard InChI is InChI=1S/C23H26FNO3/c1-4-6-7-19-21(16-10-8-15(3)9-11-16)25(23(27)28-5-2)20-14-17(24)12-13-18(20)22(19)26/h8-14,19,21H,4-7H2,1-3H3/t19-,21-/m0/s1. The number of ketones is 1. The van der Waals surface area contributed by atoms with Crippen LogP contribution < -0.4 is 4.90 Å². The number of carbonyl (C=O) groups is 2. The van der Waals surface area contributed by atoms with Crippen LogP contribution in [0.3, 0.4) is 0 Å². The molecule has 1 amide bonds. The lowest BCUT2D eigenvalue weighted by atomic mass is 9.78. The second-order valence-electron chi connectivity index (χ2n) is 7.20. The van der Waals surface area contributed by atoms with Gasteiger partial charge >= 0.3 is 6.09 Å². The SMILES string of the molecule is CCCC[C@@H]1C(=O)c2ccc(F)cc2N(C(=O)OCC)[C@H]1c1ccc(C)cc1. The fourth-order valence-corrected chi connectivity index (χ4v) is 3.85. The monoisotopic (exact) mass is 383 g/mol. The number of nitrogens with zero attached hydrogens (tertiary/aromatic N) is 1. The van der Waals surface area contributed by atoms with Gasteiger partial charge in [0.05, 0.1) is 18.3 Å². The van der Waals surface area contributed by atoms with E-state index in [-0.39, 0.29) is 18.1 Å². The van der Waals surface area contributed by atoms with Crippen LogP contribution in [0.15, 0.2) is 42.5 Å². The summed E-state index contributed by atoms with van der Waals surface area (Å²) in [5, 5.41) is 0. The van der Waals surface area contributed by atoms with Crippen LogP contribution in [0.2, 0.25) is 0 Å². The van der Waals surface area contributed by atoms with Gasteiger partial charge in [-0.05, 0) is 44.0 Å². The smallest absolute Gasteiger partial charge is 0.414 e. The Bertz CT molecular complexity index is 863. The van der Waals surface area contributed by atoms with Crippen LogP contribution in [0.25, 0.3) is 0 Å². The van der Waals surface area contributed by atoms with E-state index in [0.717, 1.165) is 24.0 Å². The Morgan fingerprint density at radius 3 is 2.50 bits per heavy atom. The zero-order valence-electron chi connectivity index (χ0n) is 16.6. The molecule has 0 unspecified atom stereocenters. The van der Waals surface area contributed by atoms with E-state index in [1.165, 1.54) is 23.1 Å². The zero-order chi connectivity index (χ0) is 20.3. The normalized spacial score (nSPS) is 18.7. The fraction of sp³-hybridized carbons (Fsp3) is 0.391. The van der Waals surface area contributed by atoms with Gasteiger partial charge in [0.1, 0.15) is 5.82 Å². The largest absolute Gasteiger partial charge is 0.449 e. The molecule has 2 atom stereocenters. The van der Waals surface area contributed by atoms with Crippen molar-refractivity contribution in [3.63, 3.8) is 0 Å². The molecule has 0 spiro atoms. The summed E-state index contributed by atoms with van der Waals surface area (Å²) < 4.78 is 19.3. The summed E-state index contributed by atoms with van der Waals surface area (Å²) in [5.41, 5.74) is 2.59. The second-order valence-corrected chi connectivity index (χ2v) is 7.20. The highest BCUT2D eigenvalue weighted by molar-refractivity contribution is 6.09. The van der Waals surface area contributed by atoms with Gasteiger partial charge in [-0.2, -0.15) is 0 Å². The Morgan fingerprint density at radius 2 is 1.86 bits per heavy atom. The zero-order valence-corrected chi connectivity index (χ0v) is 16.6. The molecule has 28 heavy (non-hydrogen) atoms. The molecule has 0 fully saturated rings. The Hall–Kier alpha value is -2.69. The first-order valence-electron chi connectivity index (χ1n) is 9.84. The van der Waals surface area contributed by atoms with Crippen molar-refractivity contribution < 1.29 is 18.7 Å². The second kappa shape index (κ2) is 8.55. The van der Waals surface area contributed by atoms with Gasteiger partial charge in [0, 0.05) is 11.5 Å². The Balaban J connectivity index is 2.19. The van der Waals surface area contributed by atoms with Crippen molar-refractivity contribution >= 4 is 17.6 Å². The molecule has 0 saturated carbocycles. The molecule has 0 aliphatic carbocycles. The van der Waals surface area contributed by atoms with E-state index in [9.17, 15) is 14.0 Å². The number of hydrogen-bond acceptors (Lipinski definition) is 3. The highest BCUT2D eigenvalue weighted by Crippen LogP contribution is 2.44. The third kappa shape index (κ3) is 3.79. The fourth-order valence-electron chi connectivity index (χ4n) is 3.85. The number of unbranched alkanes of at least 4 members (excludes halogenated alkanes) is 1. The van der Waals surface area contributed by atoms with E-state index in [1.54, 1.807) is 6.92 Å². The number of hydrogen-bond donors (Lipinski definition) is 0. The maximum atomic E-state index is 14.0. The highest BCUT2D eigenvalue weighted by atomic mass is 19.1. The number of amides is 1. The van der Waals surface area contributed by atoms with E-state index >= 15 is 0 Å². The van der Waals surface area contributed by atoms with Crippen molar-refractivity contribution in [3.8, 4) is 0 Å². The molecular weight excluding hydrogens is 357 g/mol. The molecule has 0 N–H and O–H groups in total. The van der Waals surface area contributed by atoms with Crippen molar-refractivity contribution in [1.29, 1.82) is 0 Å². The van der Waals surface area contributed by atoms with Crippen LogP contribution in [0.4, 0.5) is 14.9 Å². The van der Waals surface area contributed by atoms with E-state index in [4.69, 9.17) is 4.74 Å². The van der Waals surface area contributed by atoms with E-state index in [1.807, 2.05) is 31.2 Å². The summed E-state index contributed by atoms with van der Waals surface area (Å²) in [5.74, 6) is -0.935. The molecule has 3 rings (SSSR count). The molecule has 0 radical (unpaired) electrons. The lowest BCUT2D eigenvalue weighted by molar-refractivity contribution is 0.0870. The van der Waals surface area contributed by atoms with E-state index in [2.05, 4.69) is 6.92 Å². The van der Waals surface area contributed by atoms with Gasteiger partial charge in [0.2, 0.25) is 0 Å². The van der Waals surface area contributed by atoms with Gasteiger partial charge < -0.3 is 4.74 Å². The number of rotatable bonds is 5. The summed E-state index contributed by atoms with van der Waals surface area (Å²) >= 11 is 0. The minimum Gasteiger partial charge on any atom is -0.449 e. The van der Waals surface area contributed by atoms with E-state index < -0.39 is 23.9 Å². The summed E-state index contributed by atoms with van der Waals surface area (Å²) in [6, 6.07) is 11.3. The number of fused-ring (bicyclic) bond motifs is 1. The van der Waals surface area contributed by atoms with Gasteiger partial charge in [0.25, 0.3) is 0 Å². The maximum absolute atomic E-state index is 14.0. The van der Waals surface area contributed by atoms with Crippen molar-refractivity contribution in [2.75, 3.05) is 11.5 Å². The molecular formula is C23H26FNO3. The third-order valence-electron chi connectivity index (χ3n) is 5.23. The van der Waals surface area contributed by atoms with Crippen LogP contribution in [-0.2, 0) is 4.74 Å². The number of anilines is 1. The predicted octanol–water partition coefficient (Wildman–Crippen LogP) is 5.84. The molecule has 1 aliphatic rings. The first-order chi connectivity index (χ1) is 13.5. The molecule has 1 aliphatic heterocycles. The van der Waals surface area contributed by atoms with Gasteiger partial charge in [0.15, 0.2) is 5.78 Å². The van der Waals surface area contributed by atoms with Crippen LogP contribution in [-0.4, -0.2) is 18.5 Å². The van der Waals surface area contributed by atoms with Crippen molar-refractivity contribution in [1.82, 2.24) is 0 Å². The quantitative estimate of drug-likeness (QED) is 0.651. The van der Waals surface area contributed by atoms with Gasteiger partial charge in [-0.3, -0.25) is 9.69 Å². The van der Waals surface area contributed by atoms with Crippen LogP contribution in [0.1, 0.15) is 60.6 Å². The molecule has 0 saturated heterocycles. The highest BCUT2D eigenvalue weighted by Gasteiger charge is 2.44. The lowest BCUT2D eigenvalue weighted by Crippen LogP contribution is -2.46. The number of halogens is 1. The minimum absolute atomic E-state index is 0.0467. The first-order valence-corrected chi connectivity index (χ1v) is 9.84. The molecule has 0 bridgehead atoms. The Kier molecular flexibility index (Phi) is 6.12. The predicted molar refractivity (Wildman–Crippen MR) is 107 cm³/mol. The molecule has 0 aromatic heterocycles. The molecule has 148 valence electrons. The van der Waals surface area contributed by atoms with Crippen LogP contribution in [0.5, 0.6) is 0 Å². The van der Waals surface area contributed by atoms with Crippen LogP contribution >= 0.6 is 0 Å². The average molecular weight is 383 g/mol. The molecule has 1 heterocycles. The Labute approximate surface area is 165 Å². The number of aryl methyl sites for hydroxylation is 1. The van der Waals surface area contributed by atoms with Crippen LogP contribution in [0, 0.1) is 18.7 Å². The van der Waals surface area contributed by atoms with Crippen molar-refractivity contribution in [3.05, 3.63) is 65.0 Å². The lowest BCUT2D eigenvalue weighted by Gasteiger charge is -2.41. The number of ether oxygens (including phenoxy) is 1. The van der Waals surface area contributed by atoms with Crippen molar-refractivity contribution in [2.24, 2.45) is 5.92 Å². The topological polar surface area (TPSA) is 46.6 Å². The minimum atomic E-state index is -0.561. The number of benzene rings is 2. The molecule has 2 aromatic rings. The number of carbonyl (C=O) groups excluding carboxylic acids is 2. The van der Waals surface area contributed by atoms with Gasteiger partial charge in [-0.1, -0.05) is 49.6 Å². The first kappa shape index (κ1) is 20.1. The summed E-state index contributed by atoms with van der Waals surface area (Å²) in [7, 11) is 0. The summed E-state index contributed by atoms with van der Waals surface area (Å²) in [4.78, 5) is 27.7. The molecule has 5 heteroatoms. The summed E-state index contributed by atoms with van der Waals surface area (Å²) in [6.45, 7) is 5.99. The average Bonchev–Trinajstić information content (AvgIpc) is 2.67. The van der Waals surface area contributed by atoms with E-state index in [0.29, 0.717) is 12.0 Å². The van der Waals surface area contributed by atoms with Crippen molar-refractivity contribution in [2.45, 2.75) is 46.1 Å². The number of Topliss-reactive ketones (excluding diaryl/α,β-unsaturated/α-hetero) is 1. The summed E-state index contributed by atoms with van der Waals surface area (Å²) in [6.07, 6.45) is 1.90.